The molecule has 3 heterocycles. The first-order chi connectivity index (χ1) is 17.0. The lowest BCUT2D eigenvalue weighted by molar-refractivity contribution is 0.00578. The molecular weight excluding hydrogens is 491 g/mol. The maximum Gasteiger partial charge on any atom is 0.497 e. The first-order valence-electron chi connectivity index (χ1n) is 12.7. The van der Waals surface area contributed by atoms with Crippen LogP contribution in [0.25, 0.3) is 11.0 Å². The van der Waals surface area contributed by atoms with E-state index in [4.69, 9.17) is 18.8 Å². The van der Waals surface area contributed by atoms with E-state index in [-0.39, 0.29) is 12.4 Å². The van der Waals surface area contributed by atoms with Crippen LogP contribution in [-0.2, 0) is 25.3 Å². The van der Waals surface area contributed by atoms with E-state index >= 15 is 0 Å². The molecule has 0 atom stereocenters. The van der Waals surface area contributed by atoms with Crippen LogP contribution in [0, 0.1) is 0 Å². The van der Waals surface area contributed by atoms with Gasteiger partial charge in [-0.2, -0.15) is 4.90 Å². The number of imide groups is 1. The Morgan fingerprint density at radius 2 is 1.42 bits per heavy atom. The molecule has 0 radical (unpaired) electrons. The zero-order valence-electron chi connectivity index (χ0n) is 24.6. The van der Waals surface area contributed by atoms with E-state index in [2.05, 4.69) is 9.97 Å². The van der Waals surface area contributed by atoms with Crippen molar-refractivity contribution in [2.24, 2.45) is 0 Å². The summed E-state index contributed by atoms with van der Waals surface area (Å²) < 4.78 is 25.5. The molecule has 2 aromatic rings. The van der Waals surface area contributed by atoms with Gasteiger partial charge in [0.1, 0.15) is 23.2 Å². The molecule has 2 amide bonds. The minimum absolute atomic E-state index is 0.0438. The first-order valence-corrected chi connectivity index (χ1v) is 12.7. The highest BCUT2D eigenvalue weighted by Crippen LogP contribution is 2.38. The van der Waals surface area contributed by atoms with Crippen molar-refractivity contribution in [2.45, 2.75) is 118 Å². The Kier molecular flexibility index (Phi) is 7.46. The van der Waals surface area contributed by atoms with Crippen molar-refractivity contribution in [3.05, 3.63) is 12.5 Å². The molecule has 38 heavy (non-hydrogen) atoms. The molecule has 0 spiro atoms. The third kappa shape index (κ3) is 6.47. The lowest BCUT2D eigenvalue weighted by Gasteiger charge is -2.32. The lowest BCUT2D eigenvalue weighted by Crippen LogP contribution is -2.45. The molecule has 1 saturated heterocycles. The predicted molar refractivity (Wildman–Crippen MR) is 144 cm³/mol. The van der Waals surface area contributed by atoms with Crippen LogP contribution in [0.5, 0.6) is 0 Å². The number of carbonyl (C=O) groups excluding carboxylic acids is 2. The van der Waals surface area contributed by atoms with Gasteiger partial charge in [-0.05, 0) is 83.1 Å². The van der Waals surface area contributed by atoms with Gasteiger partial charge in [0.2, 0.25) is 0 Å². The minimum Gasteiger partial charge on any atom is -0.443 e. The molecule has 0 bridgehead atoms. The smallest absolute Gasteiger partial charge is 0.443 e. The number of fused-ring (bicyclic) bond motifs is 1. The molecule has 1 aliphatic rings. The fourth-order valence-electron chi connectivity index (χ4n) is 3.86. The average molecular weight is 532 g/mol. The molecule has 1 N–H and O–H groups in total. The van der Waals surface area contributed by atoms with Crippen LogP contribution in [0.3, 0.4) is 0 Å². The molecule has 11 nitrogen and oxygen atoms in total. The Morgan fingerprint density at radius 3 is 1.84 bits per heavy atom. The van der Waals surface area contributed by atoms with Gasteiger partial charge < -0.3 is 28.5 Å². The van der Waals surface area contributed by atoms with Crippen LogP contribution < -0.4 is 10.4 Å². The quantitative estimate of drug-likeness (QED) is 0.578. The van der Waals surface area contributed by atoms with Gasteiger partial charge in [0.05, 0.1) is 28.7 Å². The Balaban J connectivity index is 2.30. The van der Waals surface area contributed by atoms with Crippen LogP contribution in [0.4, 0.5) is 15.4 Å². The fraction of sp³-hybridized carbons (Fsp3) is 0.692. The average Bonchev–Trinajstić information content (AvgIpc) is 3.12. The second-order valence-electron chi connectivity index (χ2n) is 13.3. The highest BCUT2D eigenvalue weighted by Gasteiger charge is 2.53. The summed E-state index contributed by atoms with van der Waals surface area (Å²) in [5, 5.41) is 10.9. The Bertz CT molecular complexity index is 1180. The van der Waals surface area contributed by atoms with Crippen LogP contribution >= 0.6 is 0 Å². The van der Waals surface area contributed by atoms with E-state index < -0.39 is 47.3 Å². The van der Waals surface area contributed by atoms with Crippen molar-refractivity contribution in [3.8, 4) is 0 Å². The van der Waals surface area contributed by atoms with Gasteiger partial charge in [0, 0.05) is 11.7 Å². The maximum atomic E-state index is 13.4. The molecule has 0 aromatic carbocycles. The summed E-state index contributed by atoms with van der Waals surface area (Å²) in [5.41, 5.74) is -3.34. The number of hydrogen-bond acceptors (Lipinski definition) is 9. The van der Waals surface area contributed by atoms with Crippen LogP contribution in [-0.4, -0.2) is 67.0 Å². The van der Waals surface area contributed by atoms with E-state index in [1.807, 2.05) is 27.7 Å². The lowest BCUT2D eigenvalue weighted by atomic mass is 9.79. The van der Waals surface area contributed by atoms with Gasteiger partial charge in [-0.25, -0.2) is 19.6 Å². The molecule has 0 saturated carbocycles. The molecule has 210 valence electrons. The van der Waals surface area contributed by atoms with Crippen molar-refractivity contribution < 1.29 is 33.5 Å². The number of anilines is 1. The van der Waals surface area contributed by atoms with Gasteiger partial charge in [-0.15, -0.1) is 0 Å². The second-order valence-corrected chi connectivity index (χ2v) is 13.3. The summed E-state index contributed by atoms with van der Waals surface area (Å²) in [7, 11) is -0.866. The molecular formula is C26H41BN4O7. The monoisotopic (exact) mass is 532 g/mol. The van der Waals surface area contributed by atoms with Crippen molar-refractivity contribution >= 4 is 41.6 Å². The topological polar surface area (TPSA) is 125 Å². The van der Waals surface area contributed by atoms with E-state index in [9.17, 15) is 14.7 Å². The Hall–Kier alpha value is -2.70. The van der Waals surface area contributed by atoms with Crippen LogP contribution in [0.2, 0.25) is 0 Å². The highest BCUT2D eigenvalue weighted by molar-refractivity contribution is 6.65. The summed E-state index contributed by atoms with van der Waals surface area (Å²) in [5.74, 6) is -0.0438. The molecule has 2 aromatic heterocycles. The predicted octanol–water partition coefficient (Wildman–Crippen LogP) is 4.18. The molecule has 1 aliphatic heterocycles. The Labute approximate surface area is 224 Å². The number of nitrogens with zero attached hydrogens (tertiary/aromatic N) is 4. The van der Waals surface area contributed by atoms with Gasteiger partial charge in [-0.1, -0.05) is 0 Å². The zero-order valence-corrected chi connectivity index (χ0v) is 24.6. The highest BCUT2D eigenvalue weighted by atomic mass is 16.7. The summed E-state index contributed by atoms with van der Waals surface area (Å²) in [6, 6.07) is 0. The number of ether oxygens (including phenoxy) is 2. The van der Waals surface area contributed by atoms with E-state index in [1.54, 1.807) is 66.2 Å². The summed E-state index contributed by atoms with van der Waals surface area (Å²) in [4.78, 5) is 36.4. The molecule has 0 aliphatic carbocycles. The van der Waals surface area contributed by atoms with Crippen LogP contribution in [0.15, 0.2) is 12.5 Å². The van der Waals surface area contributed by atoms with Gasteiger partial charge >= 0.3 is 19.3 Å². The number of hydrogen-bond donors (Lipinski definition) is 1. The van der Waals surface area contributed by atoms with Crippen molar-refractivity contribution in [2.75, 3.05) is 4.90 Å². The van der Waals surface area contributed by atoms with E-state index in [0.717, 1.165) is 4.90 Å². The van der Waals surface area contributed by atoms with E-state index in [1.165, 1.54) is 6.33 Å². The summed E-state index contributed by atoms with van der Waals surface area (Å²) >= 11 is 0. The number of aromatic nitrogens is 3. The Morgan fingerprint density at radius 1 is 0.947 bits per heavy atom. The SMILES string of the molecule is CC(C)(O)Cn1cc(B2OC(C)(C)C(C)(C)O2)c2c(N(C(=O)OC(C)(C)C)C(=O)OC(C)(C)C)ncnc21. The number of carbonyl (C=O) groups is 2. The molecule has 1 fully saturated rings. The minimum atomic E-state index is -1.10. The van der Waals surface area contributed by atoms with Crippen LogP contribution in [0.1, 0.15) is 83.1 Å². The zero-order chi connectivity index (χ0) is 29.1. The largest absolute Gasteiger partial charge is 0.497 e. The van der Waals surface area contributed by atoms with E-state index in [0.29, 0.717) is 16.5 Å². The molecule has 0 unspecified atom stereocenters. The maximum absolute atomic E-state index is 13.4. The van der Waals surface area contributed by atoms with Crippen molar-refractivity contribution in [1.82, 2.24) is 14.5 Å². The standard InChI is InChI=1S/C26H41BN4O7/c1-22(2,3)35-20(32)31(21(33)36-23(4,5)6)19-17-16(27-37-25(9,10)26(11,12)38-27)13-30(14-24(7,8)34)18(17)28-15-29-19/h13,15,34H,14H2,1-12H3. The number of aliphatic hydroxyl groups is 1. The fourth-order valence-corrected chi connectivity index (χ4v) is 3.86. The molecule has 12 heteroatoms. The third-order valence-electron chi connectivity index (χ3n) is 6.09. The van der Waals surface area contributed by atoms with Crippen molar-refractivity contribution in [3.63, 3.8) is 0 Å². The van der Waals surface area contributed by atoms with Gasteiger partial charge in [0.25, 0.3) is 0 Å². The molecule has 3 rings (SSSR count). The number of rotatable bonds is 4. The first kappa shape index (κ1) is 29.9. The second kappa shape index (κ2) is 9.50. The normalized spacial score (nSPS) is 17.6. The summed E-state index contributed by atoms with van der Waals surface area (Å²) in [6.45, 7) is 21.4. The third-order valence-corrected chi connectivity index (χ3v) is 6.09. The number of amides is 2. The van der Waals surface area contributed by atoms with Gasteiger partial charge in [0.15, 0.2) is 5.82 Å². The summed E-state index contributed by atoms with van der Waals surface area (Å²) in [6.07, 6.45) is 1.07. The van der Waals surface area contributed by atoms with Gasteiger partial charge in [-0.3, -0.25) is 0 Å². The van der Waals surface area contributed by atoms with Crippen molar-refractivity contribution in [1.29, 1.82) is 0 Å².